The number of hydrogen-bond acceptors (Lipinski definition) is 5. The Kier molecular flexibility index (Phi) is 5.36. The number of methoxy groups -OCH3 is 1. The summed E-state index contributed by atoms with van der Waals surface area (Å²) in [4.78, 5) is 28.2. The summed E-state index contributed by atoms with van der Waals surface area (Å²) in [6.45, 7) is 4.48. The highest BCUT2D eigenvalue weighted by molar-refractivity contribution is 6.51. The lowest BCUT2D eigenvalue weighted by Crippen LogP contribution is -2.29. The van der Waals surface area contributed by atoms with Gasteiger partial charge >= 0.3 is 0 Å². The SMILES string of the molecule is COc1ccc(C2/C(=C(/O)c3ccc4c(c3)CCO4)C(=O)C(=O)N2c2cc(C)cc(C)c2)cc1. The van der Waals surface area contributed by atoms with Gasteiger partial charge in [-0.25, -0.2) is 0 Å². The molecule has 2 aliphatic heterocycles. The Balaban J connectivity index is 1.71. The molecule has 1 fully saturated rings. The van der Waals surface area contributed by atoms with Gasteiger partial charge in [0.05, 0.1) is 25.3 Å². The highest BCUT2D eigenvalue weighted by Crippen LogP contribution is 2.43. The number of ether oxygens (including phenoxy) is 2. The summed E-state index contributed by atoms with van der Waals surface area (Å²) in [5.74, 6) is -0.142. The average Bonchev–Trinajstić information content (AvgIpc) is 3.40. The van der Waals surface area contributed by atoms with E-state index in [9.17, 15) is 14.7 Å². The van der Waals surface area contributed by atoms with Crippen LogP contribution in [-0.4, -0.2) is 30.5 Å². The molecule has 0 aliphatic carbocycles. The van der Waals surface area contributed by atoms with E-state index in [1.54, 1.807) is 31.4 Å². The molecule has 1 unspecified atom stereocenters. The maximum atomic E-state index is 13.4. The molecule has 1 N–H and O–H groups in total. The molecule has 0 radical (unpaired) electrons. The van der Waals surface area contributed by atoms with Crippen LogP contribution in [0.2, 0.25) is 0 Å². The first-order valence-corrected chi connectivity index (χ1v) is 11.2. The lowest BCUT2D eigenvalue weighted by molar-refractivity contribution is -0.132. The van der Waals surface area contributed by atoms with E-state index < -0.39 is 17.7 Å². The van der Waals surface area contributed by atoms with Crippen molar-refractivity contribution in [3.63, 3.8) is 0 Å². The van der Waals surface area contributed by atoms with Crippen LogP contribution in [0.25, 0.3) is 5.76 Å². The predicted octanol–water partition coefficient (Wildman–Crippen LogP) is 4.87. The third kappa shape index (κ3) is 3.61. The van der Waals surface area contributed by atoms with Crippen LogP contribution in [0.4, 0.5) is 5.69 Å². The van der Waals surface area contributed by atoms with Gasteiger partial charge in [0.25, 0.3) is 11.7 Å². The number of hydrogen-bond donors (Lipinski definition) is 1. The first-order valence-electron chi connectivity index (χ1n) is 11.2. The largest absolute Gasteiger partial charge is 0.507 e. The first kappa shape index (κ1) is 21.8. The van der Waals surface area contributed by atoms with Crippen molar-refractivity contribution in [3.05, 3.63) is 94.1 Å². The van der Waals surface area contributed by atoms with Gasteiger partial charge in [0.15, 0.2) is 0 Å². The summed E-state index contributed by atoms with van der Waals surface area (Å²) in [7, 11) is 1.58. The average molecular weight is 456 g/mol. The van der Waals surface area contributed by atoms with Gasteiger partial charge in [0.2, 0.25) is 0 Å². The number of aliphatic hydroxyl groups excluding tert-OH is 1. The van der Waals surface area contributed by atoms with Crippen LogP contribution in [0.1, 0.15) is 33.9 Å². The Morgan fingerprint density at radius 1 is 1.00 bits per heavy atom. The zero-order valence-corrected chi connectivity index (χ0v) is 19.3. The molecule has 0 aromatic heterocycles. The number of nitrogens with zero attached hydrogens (tertiary/aromatic N) is 1. The van der Waals surface area contributed by atoms with E-state index in [0.29, 0.717) is 29.2 Å². The van der Waals surface area contributed by atoms with E-state index in [1.165, 1.54) is 4.90 Å². The fourth-order valence-corrected chi connectivity index (χ4v) is 4.78. The van der Waals surface area contributed by atoms with Crippen LogP contribution in [0.5, 0.6) is 11.5 Å². The molecule has 0 bridgehead atoms. The Morgan fingerprint density at radius 2 is 1.71 bits per heavy atom. The molecular weight excluding hydrogens is 430 g/mol. The number of aryl methyl sites for hydroxylation is 2. The monoisotopic (exact) mass is 455 g/mol. The molecule has 2 aliphatic rings. The summed E-state index contributed by atoms with van der Waals surface area (Å²) < 4.78 is 10.9. The second kappa shape index (κ2) is 8.37. The maximum absolute atomic E-state index is 13.4. The van der Waals surface area contributed by atoms with Crippen LogP contribution in [0.3, 0.4) is 0 Å². The third-order valence-corrected chi connectivity index (χ3v) is 6.32. The Morgan fingerprint density at radius 3 is 2.38 bits per heavy atom. The lowest BCUT2D eigenvalue weighted by atomic mass is 9.94. The molecule has 5 rings (SSSR count). The molecule has 6 nitrogen and oxygen atoms in total. The summed E-state index contributed by atoms with van der Waals surface area (Å²) in [6.07, 6.45) is 0.731. The van der Waals surface area contributed by atoms with Crippen LogP contribution in [0, 0.1) is 13.8 Å². The fourth-order valence-electron chi connectivity index (χ4n) is 4.78. The Labute approximate surface area is 198 Å². The molecule has 0 saturated carbocycles. The Hall–Kier alpha value is -4.06. The maximum Gasteiger partial charge on any atom is 0.300 e. The highest BCUT2D eigenvalue weighted by atomic mass is 16.5. The molecule has 34 heavy (non-hydrogen) atoms. The topological polar surface area (TPSA) is 76.1 Å². The van der Waals surface area contributed by atoms with Gasteiger partial charge < -0.3 is 14.6 Å². The van der Waals surface area contributed by atoms with E-state index in [0.717, 1.165) is 28.9 Å². The summed E-state index contributed by atoms with van der Waals surface area (Å²) in [5, 5.41) is 11.4. The third-order valence-electron chi connectivity index (χ3n) is 6.32. The van der Waals surface area contributed by atoms with Crippen molar-refractivity contribution in [3.8, 4) is 11.5 Å². The molecule has 172 valence electrons. The molecule has 1 saturated heterocycles. The fraction of sp³-hybridized carbons (Fsp3) is 0.214. The van der Waals surface area contributed by atoms with Gasteiger partial charge in [-0.15, -0.1) is 0 Å². The van der Waals surface area contributed by atoms with Gasteiger partial charge in [-0.1, -0.05) is 18.2 Å². The van der Waals surface area contributed by atoms with Crippen molar-refractivity contribution in [1.29, 1.82) is 0 Å². The smallest absolute Gasteiger partial charge is 0.300 e. The van der Waals surface area contributed by atoms with Crippen molar-refractivity contribution in [2.75, 3.05) is 18.6 Å². The Bertz CT molecular complexity index is 1320. The van der Waals surface area contributed by atoms with Gasteiger partial charge in [0.1, 0.15) is 17.3 Å². The number of Topliss-reactive ketones (excluding diaryl/α,β-unsaturated/α-hetero) is 1. The number of rotatable bonds is 4. The van der Waals surface area contributed by atoms with Crippen molar-refractivity contribution >= 4 is 23.1 Å². The van der Waals surface area contributed by atoms with Crippen LogP contribution in [-0.2, 0) is 16.0 Å². The molecule has 2 heterocycles. The molecule has 3 aromatic carbocycles. The second-order valence-corrected chi connectivity index (χ2v) is 8.71. The number of carbonyl (C=O) groups is 2. The van der Waals surface area contributed by atoms with E-state index in [2.05, 4.69) is 0 Å². The number of ketones is 1. The zero-order chi connectivity index (χ0) is 24.0. The summed E-state index contributed by atoms with van der Waals surface area (Å²) >= 11 is 0. The summed E-state index contributed by atoms with van der Waals surface area (Å²) in [6, 6.07) is 17.5. The van der Waals surface area contributed by atoms with E-state index in [4.69, 9.17) is 9.47 Å². The predicted molar refractivity (Wildman–Crippen MR) is 129 cm³/mol. The molecule has 1 atom stereocenters. The standard InChI is InChI=1S/C28H25NO5/c1-16-12-17(2)14-21(13-16)29-25(18-4-7-22(33-3)8-5-18)24(27(31)28(29)32)26(30)20-6-9-23-19(15-20)10-11-34-23/h4-9,12-15,25,30H,10-11H2,1-3H3/b26-24-. The van der Waals surface area contributed by atoms with Gasteiger partial charge in [0, 0.05) is 17.7 Å². The second-order valence-electron chi connectivity index (χ2n) is 8.71. The number of carbonyl (C=O) groups excluding carboxylic acids is 2. The van der Waals surface area contributed by atoms with E-state index in [1.807, 2.05) is 50.2 Å². The van der Waals surface area contributed by atoms with Crippen molar-refractivity contribution in [2.45, 2.75) is 26.3 Å². The van der Waals surface area contributed by atoms with Gasteiger partial charge in [-0.05, 0) is 78.6 Å². The van der Waals surface area contributed by atoms with Crippen molar-refractivity contribution < 1.29 is 24.2 Å². The first-order chi connectivity index (χ1) is 16.4. The van der Waals surface area contributed by atoms with E-state index >= 15 is 0 Å². The molecular formula is C28H25NO5. The minimum absolute atomic E-state index is 0.0631. The number of benzene rings is 3. The van der Waals surface area contributed by atoms with Gasteiger partial charge in [-0.3, -0.25) is 14.5 Å². The highest BCUT2D eigenvalue weighted by Gasteiger charge is 2.47. The van der Waals surface area contributed by atoms with Crippen LogP contribution < -0.4 is 14.4 Å². The van der Waals surface area contributed by atoms with Crippen molar-refractivity contribution in [1.82, 2.24) is 0 Å². The van der Waals surface area contributed by atoms with Crippen LogP contribution >= 0.6 is 0 Å². The number of amides is 1. The number of aliphatic hydroxyl groups is 1. The number of fused-ring (bicyclic) bond motifs is 1. The molecule has 3 aromatic rings. The lowest BCUT2D eigenvalue weighted by Gasteiger charge is -2.26. The van der Waals surface area contributed by atoms with Gasteiger partial charge in [-0.2, -0.15) is 0 Å². The zero-order valence-electron chi connectivity index (χ0n) is 19.3. The number of anilines is 1. The molecule has 1 amide bonds. The molecule has 0 spiro atoms. The minimum atomic E-state index is -0.781. The summed E-state index contributed by atoms with van der Waals surface area (Å²) in [5.41, 5.74) is 4.78. The van der Waals surface area contributed by atoms with Crippen molar-refractivity contribution in [2.24, 2.45) is 0 Å². The quantitative estimate of drug-likeness (QED) is 0.345. The van der Waals surface area contributed by atoms with Crippen LogP contribution in [0.15, 0.2) is 66.2 Å². The normalized spacial score (nSPS) is 18.7. The van der Waals surface area contributed by atoms with E-state index in [-0.39, 0.29) is 11.3 Å². The molecule has 6 heteroatoms. The minimum Gasteiger partial charge on any atom is -0.507 e.